The summed E-state index contributed by atoms with van der Waals surface area (Å²) >= 11 is 0. The standard InChI is InChI=1S/C18H23NO5/c1-21-17(22-2)12-19-11-15(9-10-16(19)18(20)23-3)24-13-14-7-5-4-6-8-14/h4-8,10-11,17H,9,12-13H2,1-3H3. The molecule has 1 aromatic rings. The zero-order valence-electron chi connectivity index (χ0n) is 14.2. The van der Waals surface area contributed by atoms with Gasteiger partial charge in [-0.05, 0) is 11.6 Å². The second-order valence-electron chi connectivity index (χ2n) is 5.21. The van der Waals surface area contributed by atoms with E-state index in [1.54, 1.807) is 31.4 Å². The summed E-state index contributed by atoms with van der Waals surface area (Å²) in [7, 11) is 4.46. The molecule has 2 rings (SSSR count). The number of hydrogen-bond donors (Lipinski definition) is 0. The SMILES string of the molecule is COC(=O)C1=CCC(OCc2ccccc2)=CN1CC(OC)OC. The molecule has 0 radical (unpaired) electrons. The van der Waals surface area contributed by atoms with Crippen molar-refractivity contribution >= 4 is 5.97 Å². The van der Waals surface area contributed by atoms with Gasteiger partial charge in [0, 0.05) is 26.8 Å². The first-order valence-corrected chi connectivity index (χ1v) is 7.66. The van der Waals surface area contributed by atoms with Crippen molar-refractivity contribution in [3.8, 4) is 0 Å². The van der Waals surface area contributed by atoms with Crippen molar-refractivity contribution in [2.24, 2.45) is 0 Å². The van der Waals surface area contributed by atoms with E-state index in [2.05, 4.69) is 0 Å². The number of methoxy groups -OCH3 is 3. The fraction of sp³-hybridized carbons (Fsp3) is 0.389. The van der Waals surface area contributed by atoms with Gasteiger partial charge in [0.05, 0.1) is 13.7 Å². The molecule has 1 heterocycles. The van der Waals surface area contributed by atoms with Gasteiger partial charge in [0.2, 0.25) is 0 Å². The topological polar surface area (TPSA) is 57.2 Å². The van der Waals surface area contributed by atoms with Crippen LogP contribution in [0.1, 0.15) is 12.0 Å². The molecule has 6 heteroatoms. The summed E-state index contributed by atoms with van der Waals surface area (Å²) in [6.45, 7) is 0.825. The summed E-state index contributed by atoms with van der Waals surface area (Å²) in [5.41, 5.74) is 1.53. The largest absolute Gasteiger partial charge is 0.491 e. The average molecular weight is 333 g/mol. The second-order valence-corrected chi connectivity index (χ2v) is 5.21. The smallest absolute Gasteiger partial charge is 0.354 e. The van der Waals surface area contributed by atoms with E-state index in [1.165, 1.54) is 7.11 Å². The Kier molecular flexibility index (Phi) is 6.84. The van der Waals surface area contributed by atoms with Crippen LogP contribution in [0.3, 0.4) is 0 Å². The molecule has 0 N–H and O–H groups in total. The number of esters is 1. The van der Waals surface area contributed by atoms with Crippen LogP contribution in [0.5, 0.6) is 0 Å². The fourth-order valence-electron chi connectivity index (χ4n) is 2.32. The molecular formula is C18H23NO5. The number of carbonyl (C=O) groups is 1. The molecule has 0 unspecified atom stereocenters. The molecule has 1 aromatic carbocycles. The number of carbonyl (C=O) groups excluding carboxylic acids is 1. The van der Waals surface area contributed by atoms with Crippen molar-refractivity contribution in [2.45, 2.75) is 19.3 Å². The summed E-state index contributed by atoms with van der Waals surface area (Å²) in [6.07, 6.45) is 3.63. The van der Waals surface area contributed by atoms with Gasteiger partial charge in [0.15, 0.2) is 6.29 Å². The van der Waals surface area contributed by atoms with Crippen LogP contribution < -0.4 is 0 Å². The summed E-state index contributed by atoms with van der Waals surface area (Å²) < 4.78 is 21.1. The maximum atomic E-state index is 11.9. The van der Waals surface area contributed by atoms with Gasteiger partial charge in [-0.15, -0.1) is 0 Å². The molecule has 0 saturated heterocycles. The van der Waals surface area contributed by atoms with E-state index in [-0.39, 0.29) is 0 Å². The third kappa shape index (κ3) is 4.84. The normalized spacial score (nSPS) is 14.2. The van der Waals surface area contributed by atoms with Gasteiger partial charge in [0.25, 0.3) is 0 Å². The molecule has 24 heavy (non-hydrogen) atoms. The van der Waals surface area contributed by atoms with Gasteiger partial charge in [-0.2, -0.15) is 0 Å². The first kappa shape index (κ1) is 18.0. The van der Waals surface area contributed by atoms with E-state index in [1.807, 2.05) is 30.3 Å². The Balaban J connectivity index is 2.07. The molecule has 0 spiro atoms. The summed E-state index contributed by atoms with van der Waals surface area (Å²) in [4.78, 5) is 13.7. The van der Waals surface area contributed by atoms with Crippen LogP contribution in [-0.2, 0) is 30.3 Å². The zero-order chi connectivity index (χ0) is 17.4. The molecule has 1 aliphatic rings. The summed E-state index contributed by atoms with van der Waals surface area (Å²) in [6, 6.07) is 9.91. The van der Waals surface area contributed by atoms with Crippen LogP contribution in [-0.4, -0.2) is 45.0 Å². The lowest BCUT2D eigenvalue weighted by Gasteiger charge is -2.29. The quantitative estimate of drug-likeness (QED) is 0.538. The van der Waals surface area contributed by atoms with Crippen molar-refractivity contribution in [1.29, 1.82) is 0 Å². The first-order chi connectivity index (χ1) is 11.7. The maximum Gasteiger partial charge on any atom is 0.354 e. The Morgan fingerprint density at radius 3 is 2.50 bits per heavy atom. The summed E-state index contributed by atoms with van der Waals surface area (Å²) in [5.74, 6) is 0.358. The Morgan fingerprint density at radius 2 is 1.88 bits per heavy atom. The number of allylic oxidation sites excluding steroid dienone is 1. The summed E-state index contributed by atoms with van der Waals surface area (Å²) in [5, 5.41) is 0. The molecule has 0 atom stereocenters. The number of rotatable bonds is 8. The van der Waals surface area contributed by atoms with Crippen molar-refractivity contribution in [3.63, 3.8) is 0 Å². The highest BCUT2D eigenvalue weighted by molar-refractivity contribution is 5.88. The van der Waals surface area contributed by atoms with Crippen LogP contribution in [0, 0.1) is 0 Å². The second kappa shape index (κ2) is 9.10. The van der Waals surface area contributed by atoms with Crippen molar-refractivity contribution in [1.82, 2.24) is 4.90 Å². The van der Waals surface area contributed by atoms with Crippen LogP contribution in [0.25, 0.3) is 0 Å². The Labute approximate surface area is 142 Å². The lowest BCUT2D eigenvalue weighted by molar-refractivity contribution is -0.139. The fourth-order valence-corrected chi connectivity index (χ4v) is 2.32. The van der Waals surface area contributed by atoms with Gasteiger partial charge in [-0.3, -0.25) is 0 Å². The highest BCUT2D eigenvalue weighted by Gasteiger charge is 2.24. The molecule has 0 amide bonds. The minimum Gasteiger partial charge on any atom is -0.491 e. The predicted octanol–water partition coefficient (Wildman–Crippen LogP) is 2.43. The predicted molar refractivity (Wildman–Crippen MR) is 88.5 cm³/mol. The molecule has 1 aliphatic heterocycles. The minimum absolute atomic E-state index is 0.353. The van der Waals surface area contributed by atoms with Crippen LogP contribution >= 0.6 is 0 Å². The van der Waals surface area contributed by atoms with Crippen LogP contribution in [0.4, 0.5) is 0 Å². The monoisotopic (exact) mass is 333 g/mol. The Bertz CT molecular complexity index is 593. The molecule has 0 bridgehead atoms. The van der Waals surface area contributed by atoms with E-state index in [9.17, 15) is 4.79 Å². The van der Waals surface area contributed by atoms with Crippen LogP contribution in [0.15, 0.2) is 54.1 Å². The third-order valence-corrected chi connectivity index (χ3v) is 3.64. The van der Waals surface area contributed by atoms with E-state index >= 15 is 0 Å². The zero-order valence-corrected chi connectivity index (χ0v) is 14.2. The first-order valence-electron chi connectivity index (χ1n) is 7.66. The van der Waals surface area contributed by atoms with E-state index in [4.69, 9.17) is 18.9 Å². The molecule has 0 aliphatic carbocycles. The van der Waals surface area contributed by atoms with Crippen molar-refractivity contribution < 1.29 is 23.7 Å². The number of nitrogens with zero attached hydrogens (tertiary/aromatic N) is 1. The Morgan fingerprint density at radius 1 is 1.17 bits per heavy atom. The van der Waals surface area contributed by atoms with Gasteiger partial charge >= 0.3 is 5.97 Å². The molecule has 6 nitrogen and oxygen atoms in total. The van der Waals surface area contributed by atoms with E-state index < -0.39 is 12.3 Å². The van der Waals surface area contributed by atoms with E-state index in [0.717, 1.165) is 11.3 Å². The van der Waals surface area contributed by atoms with Gasteiger partial charge < -0.3 is 23.8 Å². The van der Waals surface area contributed by atoms with Gasteiger partial charge in [-0.1, -0.05) is 30.3 Å². The number of ether oxygens (including phenoxy) is 4. The maximum absolute atomic E-state index is 11.9. The molecule has 0 aromatic heterocycles. The molecule has 0 fully saturated rings. The lowest BCUT2D eigenvalue weighted by atomic mass is 10.2. The molecule has 130 valence electrons. The van der Waals surface area contributed by atoms with Gasteiger partial charge in [0.1, 0.15) is 18.1 Å². The average Bonchev–Trinajstić information content (AvgIpc) is 2.64. The number of hydrogen-bond acceptors (Lipinski definition) is 6. The lowest BCUT2D eigenvalue weighted by Crippen LogP contribution is -2.35. The van der Waals surface area contributed by atoms with Gasteiger partial charge in [-0.25, -0.2) is 4.79 Å². The highest BCUT2D eigenvalue weighted by Crippen LogP contribution is 2.22. The highest BCUT2D eigenvalue weighted by atomic mass is 16.7. The van der Waals surface area contributed by atoms with Crippen molar-refractivity contribution in [2.75, 3.05) is 27.9 Å². The minimum atomic E-state index is -0.470. The Hall–Kier alpha value is -2.31. The third-order valence-electron chi connectivity index (χ3n) is 3.64. The number of benzene rings is 1. The van der Waals surface area contributed by atoms with E-state index in [0.29, 0.717) is 25.3 Å². The van der Waals surface area contributed by atoms with Crippen LogP contribution in [0.2, 0.25) is 0 Å². The molecular weight excluding hydrogens is 310 g/mol. The molecule has 0 saturated carbocycles. The van der Waals surface area contributed by atoms with Crippen molar-refractivity contribution in [3.05, 3.63) is 59.6 Å².